The molecule has 0 amide bonds. The molecule has 0 heterocycles. The van der Waals surface area contributed by atoms with Gasteiger partial charge in [0.05, 0.1) is 0 Å². The largest absolute Gasteiger partial charge is 0.430 e. The lowest BCUT2D eigenvalue weighted by atomic mass is 9.79. The summed E-state index contributed by atoms with van der Waals surface area (Å²) in [5.41, 5.74) is -14.8. The highest BCUT2D eigenvalue weighted by Crippen LogP contribution is 2.65. The second kappa shape index (κ2) is 5.66. The maximum atomic E-state index is 12.8. The van der Waals surface area contributed by atoms with Gasteiger partial charge in [-0.25, -0.2) is 0 Å². The van der Waals surface area contributed by atoms with Crippen LogP contribution in [0.1, 0.15) is 0 Å². The van der Waals surface area contributed by atoms with Crippen LogP contribution in [0.5, 0.6) is 0 Å². The Morgan fingerprint density at radius 1 is 0.667 bits per heavy atom. The van der Waals surface area contributed by atoms with Gasteiger partial charge in [-0.3, -0.25) is 4.57 Å². The zero-order chi connectivity index (χ0) is 20.2. The van der Waals surface area contributed by atoms with Crippen LogP contribution in [0.15, 0.2) is 0 Å². The molecule has 0 fully saturated rings. The predicted octanol–water partition coefficient (Wildman–Crippen LogP) is 4.26. The van der Waals surface area contributed by atoms with E-state index in [9.17, 15) is 57.3 Å². The van der Waals surface area contributed by atoms with Crippen LogP contribution in [-0.2, 0) is 9.09 Å². The summed E-state index contributed by atoms with van der Waals surface area (Å²) in [5, 5.41) is 8.69. The standard InChI is InChI=1S/C8H7F12O3P/c1-24(2,22)23-4(7(15,16)17,8(18,19)20)3(21,5(9,10)11)6(12,13)14/h21H,1-2H3. The van der Waals surface area contributed by atoms with E-state index in [1.54, 1.807) is 0 Å². The Morgan fingerprint density at radius 2 is 0.917 bits per heavy atom. The van der Waals surface area contributed by atoms with Crippen LogP contribution < -0.4 is 0 Å². The van der Waals surface area contributed by atoms with Gasteiger partial charge in [0.15, 0.2) is 7.37 Å². The summed E-state index contributed by atoms with van der Waals surface area (Å²) in [6.07, 6.45) is -30.1. The molecule has 0 rings (SSSR count). The molecule has 0 spiro atoms. The van der Waals surface area contributed by atoms with Crippen LogP contribution in [0.2, 0.25) is 0 Å². The Bertz CT molecular complexity index is 478. The number of hydrogen-bond donors (Lipinski definition) is 1. The fraction of sp³-hybridized carbons (Fsp3) is 1.00. The third kappa shape index (κ3) is 3.47. The van der Waals surface area contributed by atoms with Crippen molar-refractivity contribution in [3.8, 4) is 0 Å². The van der Waals surface area contributed by atoms with Gasteiger partial charge in [0, 0.05) is 13.3 Å². The molecule has 146 valence electrons. The van der Waals surface area contributed by atoms with Crippen LogP contribution in [0.4, 0.5) is 52.7 Å². The van der Waals surface area contributed by atoms with E-state index in [0.717, 1.165) is 0 Å². The molecule has 24 heavy (non-hydrogen) atoms. The molecule has 0 saturated heterocycles. The van der Waals surface area contributed by atoms with Gasteiger partial charge in [0.2, 0.25) is 0 Å². The molecule has 0 aromatic rings. The quantitative estimate of drug-likeness (QED) is 0.559. The second-order valence-electron chi connectivity index (χ2n) is 4.73. The van der Waals surface area contributed by atoms with Crippen molar-refractivity contribution < 1.29 is 66.9 Å². The minimum absolute atomic E-state index is 0.0909. The molecule has 0 radical (unpaired) electrons. The summed E-state index contributed by atoms with van der Waals surface area (Å²) in [6, 6.07) is 0. The lowest BCUT2D eigenvalue weighted by Gasteiger charge is -2.48. The van der Waals surface area contributed by atoms with Crippen LogP contribution in [0.3, 0.4) is 0 Å². The van der Waals surface area contributed by atoms with Crippen molar-refractivity contribution in [3.63, 3.8) is 0 Å². The molecule has 0 bridgehead atoms. The van der Waals surface area contributed by atoms with Crippen molar-refractivity contribution in [3.05, 3.63) is 0 Å². The van der Waals surface area contributed by atoms with Gasteiger partial charge >= 0.3 is 35.9 Å². The van der Waals surface area contributed by atoms with E-state index in [0.29, 0.717) is 0 Å². The third-order valence-corrected chi connectivity index (χ3v) is 3.20. The summed E-state index contributed by atoms with van der Waals surface area (Å²) >= 11 is 0. The van der Waals surface area contributed by atoms with Gasteiger partial charge < -0.3 is 9.63 Å². The molecule has 0 aliphatic heterocycles. The molecule has 16 heteroatoms. The number of hydrogen-bond acceptors (Lipinski definition) is 3. The molecule has 1 N–H and O–H groups in total. The Morgan fingerprint density at radius 3 is 1.04 bits per heavy atom. The summed E-state index contributed by atoms with van der Waals surface area (Å²) in [5.74, 6) is 0. The molecule has 3 nitrogen and oxygen atoms in total. The van der Waals surface area contributed by atoms with Crippen molar-refractivity contribution in [2.24, 2.45) is 0 Å². The summed E-state index contributed by atoms with van der Waals surface area (Å²) < 4.78 is 166. The monoisotopic (exact) mass is 410 g/mol. The molecule has 0 atom stereocenters. The number of halogens is 12. The summed E-state index contributed by atoms with van der Waals surface area (Å²) in [4.78, 5) is 0. The van der Waals surface area contributed by atoms with E-state index in [-0.39, 0.29) is 13.3 Å². The van der Waals surface area contributed by atoms with E-state index < -0.39 is 43.3 Å². The van der Waals surface area contributed by atoms with Crippen LogP contribution in [0.25, 0.3) is 0 Å². The highest BCUT2D eigenvalue weighted by Gasteiger charge is 2.95. The highest BCUT2D eigenvalue weighted by molar-refractivity contribution is 7.57. The maximum Gasteiger partial charge on any atom is 0.430 e. The van der Waals surface area contributed by atoms with Gasteiger partial charge in [-0.05, 0) is 0 Å². The molecule has 0 aromatic carbocycles. The molecule has 0 saturated carbocycles. The smallest absolute Gasteiger partial charge is 0.371 e. The number of aliphatic hydroxyl groups is 1. The van der Waals surface area contributed by atoms with Crippen molar-refractivity contribution in [2.45, 2.75) is 35.9 Å². The maximum absolute atomic E-state index is 12.8. The van der Waals surface area contributed by atoms with E-state index in [1.807, 2.05) is 0 Å². The first kappa shape index (κ1) is 23.3. The van der Waals surface area contributed by atoms with E-state index in [4.69, 9.17) is 5.11 Å². The minimum Gasteiger partial charge on any atom is -0.371 e. The first-order valence-electron chi connectivity index (χ1n) is 5.21. The Labute approximate surface area is 125 Å². The van der Waals surface area contributed by atoms with Gasteiger partial charge in [-0.2, -0.15) is 52.7 Å². The zero-order valence-corrected chi connectivity index (χ0v) is 12.1. The molecule has 0 aliphatic rings. The molecule has 0 aromatic heterocycles. The van der Waals surface area contributed by atoms with Gasteiger partial charge in [-0.1, -0.05) is 0 Å². The van der Waals surface area contributed by atoms with Crippen LogP contribution >= 0.6 is 7.37 Å². The van der Waals surface area contributed by atoms with Crippen LogP contribution in [-0.4, -0.2) is 54.3 Å². The lowest BCUT2D eigenvalue weighted by Crippen LogP contribution is -2.81. The molecule has 0 aliphatic carbocycles. The first-order valence-corrected chi connectivity index (χ1v) is 7.72. The van der Waals surface area contributed by atoms with Gasteiger partial charge in [0.25, 0.3) is 0 Å². The predicted molar refractivity (Wildman–Crippen MR) is 52.4 cm³/mol. The van der Waals surface area contributed by atoms with Gasteiger partial charge in [-0.15, -0.1) is 0 Å². The zero-order valence-electron chi connectivity index (χ0n) is 11.2. The fourth-order valence-corrected chi connectivity index (χ4v) is 2.63. The van der Waals surface area contributed by atoms with E-state index in [2.05, 4.69) is 4.52 Å². The number of rotatable bonds is 3. The number of alkyl halides is 12. The summed E-state index contributed by atoms with van der Waals surface area (Å²) in [6.45, 7) is -0.182. The average Bonchev–Trinajstić information content (AvgIpc) is 2.16. The summed E-state index contributed by atoms with van der Waals surface area (Å²) in [7, 11) is -5.32. The van der Waals surface area contributed by atoms with Gasteiger partial charge in [0.1, 0.15) is 0 Å². The lowest BCUT2D eigenvalue weighted by molar-refractivity contribution is -0.489. The topological polar surface area (TPSA) is 46.5 Å². The highest BCUT2D eigenvalue weighted by atomic mass is 31.2. The molecular weight excluding hydrogens is 403 g/mol. The normalized spacial score (nSPS) is 16.5. The van der Waals surface area contributed by atoms with Crippen molar-refractivity contribution >= 4 is 7.37 Å². The van der Waals surface area contributed by atoms with Crippen molar-refractivity contribution in [1.82, 2.24) is 0 Å². The van der Waals surface area contributed by atoms with E-state index >= 15 is 0 Å². The average molecular weight is 410 g/mol. The minimum atomic E-state index is -7.55. The van der Waals surface area contributed by atoms with E-state index in [1.165, 1.54) is 0 Å². The molecular formula is C8H7F12O3P. The molecule has 0 unspecified atom stereocenters. The van der Waals surface area contributed by atoms with Crippen molar-refractivity contribution in [2.75, 3.05) is 13.3 Å². The fourth-order valence-electron chi connectivity index (χ4n) is 1.63. The van der Waals surface area contributed by atoms with Crippen molar-refractivity contribution in [1.29, 1.82) is 0 Å². The van der Waals surface area contributed by atoms with Crippen LogP contribution in [0, 0.1) is 0 Å². The Kier molecular flexibility index (Phi) is 5.50. The Hall–Kier alpha value is -0.690. The second-order valence-corrected chi connectivity index (χ2v) is 7.41. The Balaban J connectivity index is 7.33. The third-order valence-electron chi connectivity index (χ3n) is 2.49. The first-order chi connectivity index (χ1) is 9.96. The SMILES string of the molecule is CP(C)(=O)OC(C(F)(F)F)(C(F)(F)F)C(O)(C(F)(F)F)C(F)(F)F.